The first-order valence-corrected chi connectivity index (χ1v) is 4.13. The number of methoxy groups -OCH3 is 1. The molecule has 0 aromatic carbocycles. The third kappa shape index (κ3) is 1.45. The number of hydrogen-bond donors (Lipinski definition) is 0. The van der Waals surface area contributed by atoms with Crippen molar-refractivity contribution >= 4 is 17.9 Å². The Morgan fingerprint density at radius 2 is 2.27 bits per heavy atom. The second kappa shape index (κ2) is 3.49. The molecular weight excluding hydrogens is 198 g/mol. The maximum atomic E-state index is 11.2. The first-order valence-electron chi connectivity index (χ1n) is 4.13. The lowest BCUT2D eigenvalue weighted by Crippen LogP contribution is -2.06. The van der Waals surface area contributed by atoms with Crippen molar-refractivity contribution in [2.24, 2.45) is 0 Å². The molecule has 0 unspecified atom stereocenters. The maximum Gasteiger partial charge on any atom is 0.358 e. The third-order valence-electron chi connectivity index (χ3n) is 1.94. The number of esters is 1. The van der Waals surface area contributed by atoms with Crippen LogP contribution in [-0.2, 0) is 4.74 Å². The molecule has 76 valence electrons. The van der Waals surface area contributed by atoms with E-state index in [0.29, 0.717) is 17.6 Å². The van der Waals surface area contributed by atoms with E-state index < -0.39 is 5.97 Å². The molecule has 0 saturated carbocycles. The molecule has 0 aliphatic carbocycles. The van der Waals surface area contributed by atoms with Crippen LogP contribution in [0.15, 0.2) is 18.6 Å². The van der Waals surface area contributed by atoms with E-state index in [2.05, 4.69) is 14.7 Å². The highest BCUT2D eigenvalue weighted by Gasteiger charge is 2.10. The molecule has 2 aromatic heterocycles. The summed E-state index contributed by atoms with van der Waals surface area (Å²) in [6.45, 7) is 0. The van der Waals surface area contributed by atoms with Crippen molar-refractivity contribution in [3.8, 4) is 0 Å². The summed E-state index contributed by atoms with van der Waals surface area (Å²) < 4.78 is 5.99. The summed E-state index contributed by atoms with van der Waals surface area (Å²) in [4.78, 5) is 29.6. The molecule has 0 aliphatic rings. The molecule has 0 N–H and O–H groups in total. The van der Waals surface area contributed by atoms with Crippen LogP contribution in [0.3, 0.4) is 0 Å². The van der Waals surface area contributed by atoms with Crippen LogP contribution in [0.2, 0.25) is 0 Å². The molecule has 2 heterocycles. The number of fused-ring (bicyclic) bond motifs is 1. The molecule has 6 nitrogen and oxygen atoms in total. The Bertz CT molecular complexity index is 532. The van der Waals surface area contributed by atoms with Crippen LogP contribution >= 0.6 is 0 Å². The predicted molar refractivity (Wildman–Crippen MR) is 49.7 cm³/mol. The van der Waals surface area contributed by atoms with E-state index in [1.165, 1.54) is 30.1 Å². The maximum absolute atomic E-state index is 11.2. The van der Waals surface area contributed by atoms with E-state index in [-0.39, 0.29) is 5.69 Å². The highest BCUT2D eigenvalue weighted by molar-refractivity contribution is 5.87. The van der Waals surface area contributed by atoms with Gasteiger partial charge in [0.05, 0.1) is 19.5 Å². The topological polar surface area (TPSA) is 73.6 Å². The summed E-state index contributed by atoms with van der Waals surface area (Å²) in [5.41, 5.74) is 0.994. The van der Waals surface area contributed by atoms with Gasteiger partial charge in [-0.1, -0.05) is 0 Å². The lowest BCUT2D eigenvalue weighted by atomic mass is 10.4. The lowest BCUT2D eigenvalue weighted by molar-refractivity contribution is 0.0593. The molecule has 15 heavy (non-hydrogen) atoms. The van der Waals surface area contributed by atoms with Crippen molar-refractivity contribution in [1.29, 1.82) is 0 Å². The van der Waals surface area contributed by atoms with Crippen LogP contribution in [0.5, 0.6) is 0 Å². The Kier molecular flexibility index (Phi) is 2.17. The van der Waals surface area contributed by atoms with Crippen LogP contribution in [-0.4, -0.2) is 33.7 Å². The number of nitrogens with zero attached hydrogens (tertiary/aromatic N) is 3. The van der Waals surface area contributed by atoms with Gasteiger partial charge in [0.15, 0.2) is 17.6 Å². The van der Waals surface area contributed by atoms with Crippen molar-refractivity contribution in [1.82, 2.24) is 14.4 Å². The molecule has 0 radical (unpaired) electrons. The van der Waals surface area contributed by atoms with Crippen LogP contribution in [0.1, 0.15) is 21.0 Å². The van der Waals surface area contributed by atoms with Crippen LogP contribution < -0.4 is 0 Å². The predicted octanol–water partition coefficient (Wildman–Crippen LogP) is 0.328. The summed E-state index contributed by atoms with van der Waals surface area (Å²) in [6, 6.07) is 0. The number of rotatable bonds is 2. The third-order valence-corrected chi connectivity index (χ3v) is 1.94. The van der Waals surface area contributed by atoms with Gasteiger partial charge in [-0.3, -0.25) is 9.20 Å². The van der Waals surface area contributed by atoms with E-state index in [1.807, 2.05) is 0 Å². The van der Waals surface area contributed by atoms with Gasteiger partial charge in [0.2, 0.25) is 0 Å². The number of aldehydes is 1. The number of aromatic nitrogens is 3. The standard InChI is InChI=1S/C9H7N3O3/c1-15-9(14)7-4-12-6(5-13)2-11-8(12)3-10-7/h2-5H,1H3. The zero-order valence-corrected chi connectivity index (χ0v) is 7.88. The molecular formula is C9H7N3O3. The molecule has 2 rings (SSSR count). The van der Waals surface area contributed by atoms with E-state index >= 15 is 0 Å². The zero-order valence-electron chi connectivity index (χ0n) is 7.88. The van der Waals surface area contributed by atoms with Crippen molar-refractivity contribution in [2.75, 3.05) is 7.11 Å². The Labute approximate surface area is 84.5 Å². The van der Waals surface area contributed by atoms with E-state index in [4.69, 9.17) is 0 Å². The molecule has 6 heteroatoms. The Balaban J connectivity index is 2.62. The van der Waals surface area contributed by atoms with Crippen molar-refractivity contribution in [3.05, 3.63) is 30.0 Å². The average molecular weight is 205 g/mol. The number of imidazole rings is 1. The highest BCUT2D eigenvalue weighted by atomic mass is 16.5. The van der Waals surface area contributed by atoms with E-state index in [1.54, 1.807) is 0 Å². The summed E-state index contributed by atoms with van der Waals surface area (Å²) in [5.74, 6) is -0.553. The lowest BCUT2D eigenvalue weighted by Gasteiger charge is -1.99. The fraction of sp³-hybridized carbons (Fsp3) is 0.111. The van der Waals surface area contributed by atoms with Crippen molar-refractivity contribution < 1.29 is 14.3 Å². The fourth-order valence-electron chi connectivity index (χ4n) is 1.21. The smallest absolute Gasteiger partial charge is 0.358 e. The van der Waals surface area contributed by atoms with Crippen LogP contribution in [0.25, 0.3) is 5.65 Å². The number of carbonyl (C=O) groups is 2. The largest absolute Gasteiger partial charge is 0.464 e. The minimum absolute atomic E-state index is 0.131. The van der Waals surface area contributed by atoms with Gasteiger partial charge in [-0.25, -0.2) is 14.8 Å². The molecule has 0 saturated heterocycles. The van der Waals surface area contributed by atoms with Gasteiger partial charge in [0.1, 0.15) is 5.69 Å². The number of carbonyl (C=O) groups excluding carboxylic acids is 2. The van der Waals surface area contributed by atoms with Gasteiger partial charge in [0, 0.05) is 6.20 Å². The summed E-state index contributed by atoms with van der Waals surface area (Å²) in [5, 5.41) is 0. The van der Waals surface area contributed by atoms with Crippen LogP contribution in [0, 0.1) is 0 Å². The Morgan fingerprint density at radius 1 is 1.47 bits per heavy atom. The first kappa shape index (κ1) is 9.32. The van der Waals surface area contributed by atoms with Gasteiger partial charge in [-0.2, -0.15) is 0 Å². The quantitative estimate of drug-likeness (QED) is 0.521. The minimum Gasteiger partial charge on any atom is -0.464 e. The fourth-order valence-corrected chi connectivity index (χ4v) is 1.21. The molecule has 0 spiro atoms. The Hall–Kier alpha value is -2.24. The normalized spacial score (nSPS) is 10.2. The average Bonchev–Trinajstić information content (AvgIpc) is 2.69. The second-order valence-corrected chi connectivity index (χ2v) is 2.79. The van der Waals surface area contributed by atoms with Crippen LogP contribution in [0.4, 0.5) is 0 Å². The van der Waals surface area contributed by atoms with Crippen molar-refractivity contribution in [3.63, 3.8) is 0 Å². The van der Waals surface area contributed by atoms with Gasteiger partial charge < -0.3 is 4.74 Å². The van der Waals surface area contributed by atoms with E-state index in [0.717, 1.165) is 0 Å². The number of hydrogen-bond acceptors (Lipinski definition) is 5. The molecule has 0 bridgehead atoms. The van der Waals surface area contributed by atoms with Gasteiger partial charge in [-0.05, 0) is 0 Å². The molecule has 0 atom stereocenters. The van der Waals surface area contributed by atoms with Crippen molar-refractivity contribution in [2.45, 2.75) is 0 Å². The number of ether oxygens (including phenoxy) is 1. The SMILES string of the molecule is COC(=O)c1cn2c(C=O)cnc2cn1. The minimum atomic E-state index is -0.553. The molecule has 0 aliphatic heterocycles. The first-order chi connectivity index (χ1) is 7.26. The van der Waals surface area contributed by atoms with Gasteiger partial charge in [0.25, 0.3) is 0 Å². The Morgan fingerprint density at radius 3 is 2.93 bits per heavy atom. The molecule has 2 aromatic rings. The zero-order chi connectivity index (χ0) is 10.8. The second-order valence-electron chi connectivity index (χ2n) is 2.79. The summed E-state index contributed by atoms with van der Waals surface area (Å²) in [7, 11) is 1.27. The van der Waals surface area contributed by atoms with Gasteiger partial charge in [-0.15, -0.1) is 0 Å². The monoisotopic (exact) mass is 205 g/mol. The molecule has 0 fully saturated rings. The summed E-state index contributed by atoms with van der Waals surface area (Å²) in [6.07, 6.45) is 4.88. The van der Waals surface area contributed by atoms with Gasteiger partial charge >= 0.3 is 5.97 Å². The summed E-state index contributed by atoms with van der Waals surface area (Å²) >= 11 is 0. The molecule has 0 amide bonds. The highest BCUT2D eigenvalue weighted by Crippen LogP contribution is 2.05. The van der Waals surface area contributed by atoms with E-state index in [9.17, 15) is 9.59 Å².